The predicted octanol–water partition coefficient (Wildman–Crippen LogP) is -0.306. The smallest absolute Gasteiger partial charge is 0.120 e. The highest BCUT2D eigenvalue weighted by Crippen LogP contribution is 2.13. The van der Waals surface area contributed by atoms with E-state index >= 15 is 0 Å². The third kappa shape index (κ3) is 1.54. The first kappa shape index (κ1) is 8.14. The molecule has 2 nitrogen and oxygen atoms in total. The van der Waals surface area contributed by atoms with Gasteiger partial charge in [-0.3, -0.25) is 0 Å². The monoisotopic (exact) mass is 168 g/mol. The lowest BCUT2D eigenvalue weighted by molar-refractivity contribution is 0.400. The molecule has 1 rings (SSSR count). The van der Waals surface area contributed by atoms with Gasteiger partial charge in [0.05, 0.1) is 14.2 Å². The molecule has 0 atom stereocenters. The molecule has 0 unspecified atom stereocenters. The van der Waals surface area contributed by atoms with Crippen molar-refractivity contribution >= 4 is 15.4 Å². The summed E-state index contributed by atoms with van der Waals surface area (Å²) in [5, 5.41) is 1.18. The maximum absolute atomic E-state index is 5.14. The highest BCUT2D eigenvalue weighted by molar-refractivity contribution is 6.36. The summed E-state index contributed by atoms with van der Waals surface area (Å²) in [6, 6.07) is 5.83. The Labute approximate surface area is 69.6 Å². The van der Waals surface area contributed by atoms with Gasteiger partial charge in [0.1, 0.15) is 11.5 Å². The summed E-state index contributed by atoms with van der Waals surface area (Å²) in [4.78, 5) is 0. The maximum atomic E-state index is 5.14. The Balaban J connectivity index is 3.10. The van der Waals surface area contributed by atoms with E-state index in [-0.39, 0.29) is 0 Å². The van der Waals surface area contributed by atoms with Gasteiger partial charge >= 0.3 is 0 Å². The van der Waals surface area contributed by atoms with Crippen LogP contribution in [0.5, 0.6) is 11.5 Å². The van der Waals surface area contributed by atoms with E-state index in [4.69, 9.17) is 9.47 Å². The van der Waals surface area contributed by atoms with E-state index in [9.17, 15) is 0 Å². The molecule has 0 heterocycles. The molecule has 0 N–H and O–H groups in total. The molecule has 0 aliphatic heterocycles. The third-order valence-corrected chi connectivity index (χ3v) is 2.66. The first-order chi connectivity index (χ1) is 5.29. The van der Waals surface area contributed by atoms with Crippen LogP contribution in [0.2, 0.25) is 0 Å². The molecule has 60 valence electrons. The van der Waals surface area contributed by atoms with E-state index in [0.717, 1.165) is 21.7 Å². The number of hydrogen-bond donors (Lipinski definition) is 0. The largest absolute Gasteiger partial charge is 0.497 e. The van der Waals surface area contributed by atoms with Crippen LogP contribution in [0.3, 0.4) is 0 Å². The average molecular weight is 168 g/mol. The van der Waals surface area contributed by atoms with E-state index in [1.807, 2.05) is 18.2 Å². The highest BCUT2D eigenvalue weighted by atomic mass is 28.1. The Kier molecular flexibility index (Phi) is 2.54. The second-order valence-corrected chi connectivity index (χ2v) is 3.29. The number of benzene rings is 1. The summed E-state index contributed by atoms with van der Waals surface area (Å²) in [5.74, 6) is 1.85. The fourth-order valence-electron chi connectivity index (χ4n) is 1.04. The van der Waals surface area contributed by atoms with Crippen LogP contribution in [-0.4, -0.2) is 24.5 Å². The van der Waals surface area contributed by atoms with Gasteiger partial charge in [0.25, 0.3) is 0 Å². The van der Waals surface area contributed by atoms with Gasteiger partial charge in [-0.25, -0.2) is 0 Å². The van der Waals surface area contributed by atoms with Gasteiger partial charge in [-0.2, -0.15) is 0 Å². The van der Waals surface area contributed by atoms with Crippen molar-refractivity contribution in [2.75, 3.05) is 14.2 Å². The molecule has 1 aromatic rings. The van der Waals surface area contributed by atoms with Crippen molar-refractivity contribution in [1.29, 1.82) is 0 Å². The molecule has 0 aliphatic carbocycles. The Morgan fingerprint density at radius 3 is 1.91 bits per heavy atom. The van der Waals surface area contributed by atoms with Crippen molar-refractivity contribution in [2.24, 2.45) is 0 Å². The molecule has 0 fully saturated rings. The van der Waals surface area contributed by atoms with E-state index in [1.165, 1.54) is 5.19 Å². The maximum Gasteiger partial charge on any atom is 0.120 e. The van der Waals surface area contributed by atoms with Crippen LogP contribution in [0.1, 0.15) is 0 Å². The molecule has 0 bridgehead atoms. The second kappa shape index (κ2) is 3.43. The fourth-order valence-corrected chi connectivity index (χ4v) is 1.78. The van der Waals surface area contributed by atoms with E-state index in [0.29, 0.717) is 0 Å². The van der Waals surface area contributed by atoms with Gasteiger partial charge in [-0.15, -0.1) is 0 Å². The summed E-state index contributed by atoms with van der Waals surface area (Å²) in [6.45, 7) is 0. The van der Waals surface area contributed by atoms with E-state index in [2.05, 4.69) is 0 Å². The lowest BCUT2D eigenvalue weighted by atomic mass is 10.3. The van der Waals surface area contributed by atoms with Crippen LogP contribution in [-0.2, 0) is 0 Å². The Bertz CT molecular complexity index is 226. The molecule has 0 radical (unpaired) electrons. The molecular formula is C8H12O2Si. The number of hydrogen-bond acceptors (Lipinski definition) is 2. The molecule has 0 saturated heterocycles. The van der Waals surface area contributed by atoms with Gasteiger partial charge in [0, 0.05) is 15.4 Å². The van der Waals surface area contributed by atoms with Crippen molar-refractivity contribution in [2.45, 2.75) is 0 Å². The molecule has 0 aromatic heterocycles. The van der Waals surface area contributed by atoms with Gasteiger partial charge in [-0.1, -0.05) is 6.07 Å². The molecule has 11 heavy (non-hydrogen) atoms. The molecule has 0 saturated carbocycles. The zero-order chi connectivity index (χ0) is 8.27. The Morgan fingerprint density at radius 2 is 1.55 bits per heavy atom. The molecule has 0 spiro atoms. The van der Waals surface area contributed by atoms with Crippen LogP contribution in [0, 0.1) is 0 Å². The standard InChI is InChI=1S/C8H12O2Si/c1-9-6-4-3-5-7(10-2)8(6)11/h3-5H,1-2,11H3. The first-order valence-corrected chi connectivity index (χ1v) is 4.47. The van der Waals surface area contributed by atoms with Gasteiger partial charge in [0.15, 0.2) is 0 Å². The quantitative estimate of drug-likeness (QED) is 0.564. The summed E-state index contributed by atoms with van der Waals surface area (Å²) < 4.78 is 10.3. The second-order valence-electron chi connectivity index (χ2n) is 2.29. The van der Waals surface area contributed by atoms with Gasteiger partial charge in [-0.05, 0) is 12.1 Å². The molecule has 0 aliphatic rings. The first-order valence-electron chi connectivity index (χ1n) is 3.47. The topological polar surface area (TPSA) is 18.5 Å². The highest BCUT2D eigenvalue weighted by Gasteiger charge is 2.01. The fraction of sp³-hybridized carbons (Fsp3) is 0.250. The summed E-state index contributed by atoms with van der Waals surface area (Å²) in [6.07, 6.45) is 0. The Hall–Kier alpha value is -0.963. The van der Waals surface area contributed by atoms with Crippen LogP contribution >= 0.6 is 0 Å². The lowest BCUT2D eigenvalue weighted by Gasteiger charge is -2.08. The normalized spacial score (nSPS) is 9.64. The minimum absolute atomic E-state index is 0.927. The van der Waals surface area contributed by atoms with Crippen LogP contribution in [0.15, 0.2) is 18.2 Å². The summed E-state index contributed by atoms with van der Waals surface area (Å²) in [5.41, 5.74) is 0. The zero-order valence-electron chi connectivity index (χ0n) is 7.05. The minimum Gasteiger partial charge on any atom is -0.497 e. The lowest BCUT2D eigenvalue weighted by Crippen LogP contribution is -2.10. The van der Waals surface area contributed by atoms with Crippen molar-refractivity contribution < 1.29 is 9.47 Å². The zero-order valence-corrected chi connectivity index (χ0v) is 9.05. The average Bonchev–Trinajstić information content (AvgIpc) is 2.05. The van der Waals surface area contributed by atoms with Crippen LogP contribution in [0.4, 0.5) is 0 Å². The predicted molar refractivity (Wildman–Crippen MR) is 49.1 cm³/mol. The Morgan fingerprint density at radius 1 is 1.09 bits per heavy atom. The van der Waals surface area contributed by atoms with E-state index in [1.54, 1.807) is 14.2 Å². The van der Waals surface area contributed by atoms with Crippen LogP contribution < -0.4 is 14.7 Å². The van der Waals surface area contributed by atoms with Gasteiger partial charge < -0.3 is 9.47 Å². The van der Waals surface area contributed by atoms with Crippen molar-refractivity contribution in [3.8, 4) is 11.5 Å². The third-order valence-electron chi connectivity index (χ3n) is 1.67. The van der Waals surface area contributed by atoms with Gasteiger partial charge in [0.2, 0.25) is 0 Å². The van der Waals surface area contributed by atoms with E-state index < -0.39 is 0 Å². The minimum atomic E-state index is 0.927. The summed E-state index contributed by atoms with van der Waals surface area (Å²) >= 11 is 0. The SMILES string of the molecule is COc1cccc(OC)c1[SiH3]. The van der Waals surface area contributed by atoms with Crippen molar-refractivity contribution in [3.05, 3.63) is 18.2 Å². The number of ether oxygens (including phenoxy) is 2. The van der Waals surface area contributed by atoms with Crippen LogP contribution in [0.25, 0.3) is 0 Å². The van der Waals surface area contributed by atoms with Crippen molar-refractivity contribution in [1.82, 2.24) is 0 Å². The molecular weight excluding hydrogens is 156 g/mol. The summed E-state index contributed by atoms with van der Waals surface area (Å²) in [7, 11) is 4.30. The molecule has 1 aromatic carbocycles. The molecule has 3 heteroatoms. The number of rotatable bonds is 2. The molecule has 0 amide bonds. The van der Waals surface area contributed by atoms with Crippen molar-refractivity contribution in [3.63, 3.8) is 0 Å². The number of methoxy groups -OCH3 is 2.